The van der Waals surface area contributed by atoms with E-state index >= 15 is 0 Å². The molecule has 14 heavy (non-hydrogen) atoms. The van der Waals surface area contributed by atoms with Gasteiger partial charge in [0.25, 0.3) is 0 Å². The number of hydrazine groups is 1. The van der Waals surface area contributed by atoms with Crippen LogP contribution >= 0.6 is 0 Å². The average molecular weight is 198 g/mol. The van der Waals surface area contributed by atoms with E-state index in [1.807, 2.05) is 0 Å². The van der Waals surface area contributed by atoms with E-state index in [0.717, 1.165) is 18.9 Å². The summed E-state index contributed by atoms with van der Waals surface area (Å²) < 4.78 is 0. The van der Waals surface area contributed by atoms with E-state index in [4.69, 9.17) is 5.84 Å². The molecule has 1 aliphatic rings. The maximum atomic E-state index is 5.40. The predicted octanol–water partition coefficient (Wildman–Crippen LogP) is 0.994. The van der Waals surface area contributed by atoms with Crippen molar-refractivity contribution in [3.8, 4) is 0 Å². The van der Waals surface area contributed by atoms with Crippen LogP contribution in [0.2, 0.25) is 0 Å². The summed E-state index contributed by atoms with van der Waals surface area (Å²) in [7, 11) is 0. The van der Waals surface area contributed by atoms with E-state index in [1.54, 1.807) is 0 Å². The van der Waals surface area contributed by atoms with Crippen LogP contribution in [0.4, 0.5) is 0 Å². The van der Waals surface area contributed by atoms with Gasteiger partial charge in [0.2, 0.25) is 5.96 Å². The SMILES string of the molecule is CCCN=C(NN)NC(C)(C)C1CC1. The number of hydrogen-bond donors (Lipinski definition) is 3. The van der Waals surface area contributed by atoms with Crippen LogP contribution in [0.3, 0.4) is 0 Å². The molecule has 1 aliphatic carbocycles. The number of nitrogens with one attached hydrogen (secondary N) is 2. The largest absolute Gasteiger partial charge is 0.350 e. The Kier molecular flexibility index (Phi) is 3.75. The first kappa shape index (κ1) is 11.3. The first-order valence-electron chi connectivity index (χ1n) is 5.39. The summed E-state index contributed by atoms with van der Waals surface area (Å²) in [6.07, 6.45) is 3.66. The highest BCUT2D eigenvalue weighted by Crippen LogP contribution is 2.38. The molecule has 0 aromatic carbocycles. The molecule has 4 N–H and O–H groups in total. The Bertz CT molecular complexity index is 206. The highest BCUT2D eigenvalue weighted by molar-refractivity contribution is 5.79. The maximum absolute atomic E-state index is 5.40. The van der Waals surface area contributed by atoms with Gasteiger partial charge >= 0.3 is 0 Å². The molecule has 0 aromatic heterocycles. The molecule has 1 fully saturated rings. The lowest BCUT2D eigenvalue weighted by atomic mass is 9.99. The fraction of sp³-hybridized carbons (Fsp3) is 0.900. The fourth-order valence-electron chi connectivity index (χ4n) is 1.56. The summed E-state index contributed by atoms with van der Waals surface area (Å²) in [4.78, 5) is 4.33. The summed E-state index contributed by atoms with van der Waals surface area (Å²) in [6.45, 7) is 7.31. The van der Waals surface area contributed by atoms with Crippen LogP contribution < -0.4 is 16.6 Å². The average Bonchev–Trinajstić information content (AvgIpc) is 2.95. The van der Waals surface area contributed by atoms with Gasteiger partial charge in [-0.2, -0.15) is 0 Å². The summed E-state index contributed by atoms with van der Waals surface area (Å²) in [5, 5.41) is 3.35. The van der Waals surface area contributed by atoms with Gasteiger partial charge in [0, 0.05) is 12.1 Å². The van der Waals surface area contributed by atoms with Crippen LogP contribution in [0, 0.1) is 5.92 Å². The highest BCUT2D eigenvalue weighted by Gasteiger charge is 2.38. The Morgan fingerprint density at radius 1 is 1.50 bits per heavy atom. The Balaban J connectivity index is 2.45. The molecule has 0 heterocycles. The van der Waals surface area contributed by atoms with Crippen molar-refractivity contribution in [1.82, 2.24) is 10.7 Å². The first-order valence-corrected chi connectivity index (χ1v) is 5.39. The zero-order valence-electron chi connectivity index (χ0n) is 9.43. The van der Waals surface area contributed by atoms with E-state index in [2.05, 4.69) is 36.5 Å². The minimum absolute atomic E-state index is 0.110. The fourth-order valence-corrected chi connectivity index (χ4v) is 1.56. The van der Waals surface area contributed by atoms with Crippen molar-refractivity contribution >= 4 is 5.96 Å². The summed E-state index contributed by atoms with van der Waals surface area (Å²) >= 11 is 0. The van der Waals surface area contributed by atoms with Crippen molar-refractivity contribution in [2.24, 2.45) is 16.8 Å². The zero-order chi connectivity index (χ0) is 10.6. The van der Waals surface area contributed by atoms with Gasteiger partial charge in [0.1, 0.15) is 0 Å². The molecule has 0 spiro atoms. The molecule has 1 saturated carbocycles. The highest BCUT2D eigenvalue weighted by atomic mass is 15.3. The van der Waals surface area contributed by atoms with Gasteiger partial charge < -0.3 is 5.32 Å². The van der Waals surface area contributed by atoms with Crippen molar-refractivity contribution in [1.29, 1.82) is 0 Å². The Hall–Kier alpha value is -0.770. The van der Waals surface area contributed by atoms with Crippen molar-refractivity contribution in [2.75, 3.05) is 6.54 Å². The lowest BCUT2D eigenvalue weighted by Gasteiger charge is -2.27. The van der Waals surface area contributed by atoms with E-state index < -0.39 is 0 Å². The van der Waals surface area contributed by atoms with Gasteiger partial charge in [-0.05, 0) is 39.0 Å². The zero-order valence-corrected chi connectivity index (χ0v) is 9.43. The molecule has 4 heteroatoms. The Morgan fingerprint density at radius 2 is 2.14 bits per heavy atom. The second-order valence-electron chi connectivity index (χ2n) is 4.50. The minimum Gasteiger partial charge on any atom is -0.350 e. The number of nitrogens with two attached hydrogens (primary N) is 1. The van der Waals surface area contributed by atoms with Crippen molar-refractivity contribution < 1.29 is 0 Å². The van der Waals surface area contributed by atoms with Gasteiger partial charge in [-0.25, -0.2) is 5.84 Å². The van der Waals surface area contributed by atoms with E-state index in [1.165, 1.54) is 12.8 Å². The molecule has 0 bridgehead atoms. The first-order chi connectivity index (χ1) is 6.60. The van der Waals surface area contributed by atoms with Gasteiger partial charge in [-0.15, -0.1) is 0 Å². The number of hydrogen-bond acceptors (Lipinski definition) is 2. The number of nitrogens with zero attached hydrogens (tertiary/aromatic N) is 1. The molecule has 1 rings (SSSR count). The number of aliphatic imine (C=N–C) groups is 1. The van der Waals surface area contributed by atoms with Crippen molar-refractivity contribution in [2.45, 2.75) is 45.6 Å². The van der Waals surface area contributed by atoms with Gasteiger partial charge in [0.05, 0.1) is 0 Å². The second kappa shape index (κ2) is 4.64. The standard InChI is InChI=1S/C10H22N4/c1-4-7-12-9(14-11)13-10(2,3)8-5-6-8/h8H,4-7,11H2,1-3H3,(H2,12,13,14). The monoisotopic (exact) mass is 198 g/mol. The Morgan fingerprint density at radius 3 is 2.57 bits per heavy atom. The third kappa shape index (κ3) is 3.18. The van der Waals surface area contributed by atoms with Crippen molar-refractivity contribution in [3.05, 3.63) is 0 Å². The van der Waals surface area contributed by atoms with Gasteiger partial charge in [0.15, 0.2) is 0 Å². The molecular weight excluding hydrogens is 176 g/mol. The molecule has 0 atom stereocenters. The van der Waals surface area contributed by atoms with Gasteiger partial charge in [-0.3, -0.25) is 10.4 Å². The molecular formula is C10H22N4. The van der Waals surface area contributed by atoms with E-state index in [0.29, 0.717) is 5.96 Å². The summed E-state index contributed by atoms with van der Waals surface area (Å²) in [5.74, 6) is 6.88. The number of rotatable bonds is 4. The number of guanidine groups is 1. The van der Waals surface area contributed by atoms with Crippen LogP contribution in [0.15, 0.2) is 4.99 Å². The van der Waals surface area contributed by atoms with Crippen LogP contribution in [-0.4, -0.2) is 18.0 Å². The Labute approximate surface area is 86.3 Å². The van der Waals surface area contributed by atoms with E-state index in [9.17, 15) is 0 Å². The molecule has 0 saturated heterocycles. The molecule has 0 radical (unpaired) electrons. The van der Waals surface area contributed by atoms with Crippen LogP contribution in [-0.2, 0) is 0 Å². The third-order valence-electron chi connectivity index (χ3n) is 2.67. The molecule has 82 valence electrons. The third-order valence-corrected chi connectivity index (χ3v) is 2.67. The molecule has 0 unspecified atom stereocenters. The lowest BCUT2D eigenvalue weighted by molar-refractivity contribution is 0.396. The quantitative estimate of drug-likeness (QED) is 0.273. The molecule has 0 amide bonds. The maximum Gasteiger partial charge on any atom is 0.206 e. The van der Waals surface area contributed by atoms with Crippen LogP contribution in [0.25, 0.3) is 0 Å². The lowest BCUT2D eigenvalue weighted by Crippen LogP contribution is -2.52. The van der Waals surface area contributed by atoms with Crippen LogP contribution in [0.5, 0.6) is 0 Å². The normalized spacial score (nSPS) is 18.1. The van der Waals surface area contributed by atoms with Crippen LogP contribution in [0.1, 0.15) is 40.0 Å². The molecule has 0 aromatic rings. The smallest absolute Gasteiger partial charge is 0.206 e. The summed E-state index contributed by atoms with van der Waals surface area (Å²) in [6, 6.07) is 0. The van der Waals surface area contributed by atoms with E-state index in [-0.39, 0.29) is 5.54 Å². The van der Waals surface area contributed by atoms with Gasteiger partial charge in [-0.1, -0.05) is 6.92 Å². The molecule has 0 aliphatic heterocycles. The van der Waals surface area contributed by atoms with Crippen molar-refractivity contribution in [3.63, 3.8) is 0 Å². The minimum atomic E-state index is 0.110. The predicted molar refractivity (Wildman–Crippen MR) is 59.9 cm³/mol. The topological polar surface area (TPSA) is 62.4 Å². The molecule has 4 nitrogen and oxygen atoms in total. The second-order valence-corrected chi connectivity index (χ2v) is 4.50. The summed E-state index contributed by atoms with van der Waals surface area (Å²) in [5.41, 5.74) is 2.72.